The van der Waals surface area contributed by atoms with Gasteiger partial charge >= 0.3 is 0 Å². The molecule has 1 heterocycles. The van der Waals surface area contributed by atoms with Crippen molar-refractivity contribution in [2.75, 3.05) is 17.7 Å². The lowest BCUT2D eigenvalue weighted by molar-refractivity contribution is 0.102. The molecule has 1 amide bonds. The van der Waals surface area contributed by atoms with Crippen LogP contribution in [0, 0.1) is 12.7 Å². The molecule has 4 aromatic rings. The normalized spacial score (nSPS) is 11.6. The predicted molar refractivity (Wildman–Crippen MR) is 124 cm³/mol. The summed E-state index contributed by atoms with van der Waals surface area (Å²) in [7, 11) is 1.51. The lowest BCUT2D eigenvalue weighted by atomic mass is 10.1. The van der Waals surface area contributed by atoms with E-state index in [0.717, 1.165) is 11.1 Å². The molecular weight excluding hydrogens is 423 g/mol. The SMILES string of the molecule is COc1ccc(NC(C)c2nnc(-c3ccc(C)cc3)o2)cc1NC(=O)c1cccc(F)c1. The number of aromatic nitrogens is 2. The second-order valence-corrected chi connectivity index (χ2v) is 7.56. The molecule has 3 aromatic carbocycles. The van der Waals surface area contributed by atoms with Crippen molar-refractivity contribution < 1.29 is 18.3 Å². The predicted octanol–water partition coefficient (Wildman–Crippen LogP) is 5.62. The zero-order valence-electron chi connectivity index (χ0n) is 18.4. The smallest absolute Gasteiger partial charge is 0.255 e. The summed E-state index contributed by atoms with van der Waals surface area (Å²) in [4.78, 5) is 12.6. The lowest BCUT2D eigenvalue weighted by Gasteiger charge is -2.15. The fourth-order valence-electron chi connectivity index (χ4n) is 3.25. The zero-order valence-corrected chi connectivity index (χ0v) is 18.4. The van der Waals surface area contributed by atoms with E-state index in [1.807, 2.05) is 44.2 Å². The fourth-order valence-corrected chi connectivity index (χ4v) is 3.25. The number of hydrogen-bond donors (Lipinski definition) is 2. The summed E-state index contributed by atoms with van der Waals surface area (Å²) in [5, 5.41) is 14.3. The highest BCUT2D eigenvalue weighted by atomic mass is 19.1. The molecule has 0 aliphatic carbocycles. The average Bonchev–Trinajstić information content (AvgIpc) is 3.30. The third-order valence-corrected chi connectivity index (χ3v) is 5.03. The molecule has 1 unspecified atom stereocenters. The first-order valence-corrected chi connectivity index (χ1v) is 10.3. The number of benzene rings is 3. The van der Waals surface area contributed by atoms with E-state index >= 15 is 0 Å². The molecule has 0 saturated carbocycles. The van der Waals surface area contributed by atoms with Gasteiger partial charge in [-0.05, 0) is 62.4 Å². The maximum Gasteiger partial charge on any atom is 0.255 e. The highest BCUT2D eigenvalue weighted by Gasteiger charge is 2.17. The number of aryl methyl sites for hydroxylation is 1. The summed E-state index contributed by atoms with van der Waals surface area (Å²) >= 11 is 0. The molecule has 0 bridgehead atoms. The van der Waals surface area contributed by atoms with Crippen LogP contribution in [-0.4, -0.2) is 23.2 Å². The Morgan fingerprint density at radius 2 is 1.85 bits per heavy atom. The molecule has 2 N–H and O–H groups in total. The standard InChI is InChI=1S/C25H23FN4O3/c1-15-7-9-17(10-8-15)25-30-29-24(33-25)16(2)27-20-11-12-22(32-3)21(14-20)28-23(31)18-5-4-6-19(26)13-18/h4-14,16,27H,1-3H3,(H,28,31). The number of carbonyl (C=O) groups excluding carboxylic acids is 1. The molecule has 1 aromatic heterocycles. The zero-order chi connectivity index (χ0) is 23.4. The number of anilines is 2. The molecule has 33 heavy (non-hydrogen) atoms. The fraction of sp³-hybridized carbons (Fsp3) is 0.160. The number of methoxy groups -OCH3 is 1. The van der Waals surface area contributed by atoms with E-state index in [0.29, 0.717) is 28.9 Å². The molecule has 0 spiro atoms. The van der Waals surface area contributed by atoms with Gasteiger partial charge in [0.05, 0.1) is 12.8 Å². The van der Waals surface area contributed by atoms with Gasteiger partial charge in [-0.25, -0.2) is 4.39 Å². The van der Waals surface area contributed by atoms with Gasteiger partial charge < -0.3 is 19.8 Å². The first kappa shape index (κ1) is 22.0. The van der Waals surface area contributed by atoms with Crippen molar-refractivity contribution in [1.29, 1.82) is 0 Å². The molecular formula is C25H23FN4O3. The molecule has 8 heteroatoms. The summed E-state index contributed by atoms with van der Waals surface area (Å²) in [6.07, 6.45) is 0. The number of hydrogen-bond acceptors (Lipinski definition) is 6. The second-order valence-electron chi connectivity index (χ2n) is 7.56. The van der Waals surface area contributed by atoms with Crippen LogP contribution < -0.4 is 15.4 Å². The van der Waals surface area contributed by atoms with Gasteiger partial charge in [-0.3, -0.25) is 4.79 Å². The number of nitrogens with one attached hydrogen (secondary N) is 2. The van der Waals surface area contributed by atoms with Gasteiger partial charge in [-0.15, -0.1) is 10.2 Å². The topological polar surface area (TPSA) is 89.3 Å². The van der Waals surface area contributed by atoms with Crippen molar-refractivity contribution in [1.82, 2.24) is 10.2 Å². The van der Waals surface area contributed by atoms with E-state index < -0.39 is 11.7 Å². The third-order valence-electron chi connectivity index (χ3n) is 5.03. The number of carbonyl (C=O) groups is 1. The van der Waals surface area contributed by atoms with Gasteiger partial charge in [0, 0.05) is 16.8 Å². The van der Waals surface area contributed by atoms with Gasteiger partial charge in [0.25, 0.3) is 5.91 Å². The van der Waals surface area contributed by atoms with Crippen LogP contribution >= 0.6 is 0 Å². The molecule has 4 rings (SSSR count). The molecule has 0 aliphatic heterocycles. The summed E-state index contributed by atoms with van der Waals surface area (Å²) in [6.45, 7) is 3.90. The molecule has 7 nitrogen and oxygen atoms in total. The third kappa shape index (κ3) is 5.17. The van der Waals surface area contributed by atoms with Crippen LogP contribution in [0.4, 0.5) is 15.8 Å². The largest absolute Gasteiger partial charge is 0.495 e. The second kappa shape index (κ2) is 9.52. The van der Waals surface area contributed by atoms with Gasteiger partial charge in [-0.2, -0.15) is 0 Å². The molecule has 0 aliphatic rings. The van der Waals surface area contributed by atoms with Crippen LogP contribution in [0.5, 0.6) is 5.75 Å². The summed E-state index contributed by atoms with van der Waals surface area (Å²) in [6, 6.07) is 18.3. The first-order chi connectivity index (χ1) is 15.9. The number of amides is 1. The summed E-state index contributed by atoms with van der Waals surface area (Å²) in [5.74, 6) is 0.404. The minimum Gasteiger partial charge on any atom is -0.495 e. The maximum absolute atomic E-state index is 13.5. The maximum atomic E-state index is 13.5. The van der Waals surface area contributed by atoms with Crippen molar-refractivity contribution in [2.24, 2.45) is 0 Å². The van der Waals surface area contributed by atoms with E-state index in [-0.39, 0.29) is 11.6 Å². The van der Waals surface area contributed by atoms with Crippen LogP contribution in [0.2, 0.25) is 0 Å². The van der Waals surface area contributed by atoms with E-state index in [1.54, 1.807) is 12.1 Å². The minimum absolute atomic E-state index is 0.207. The Bertz CT molecular complexity index is 1270. The Balaban J connectivity index is 1.50. The Morgan fingerprint density at radius 3 is 2.58 bits per heavy atom. The number of nitrogens with zero attached hydrogens (tertiary/aromatic N) is 2. The summed E-state index contributed by atoms with van der Waals surface area (Å²) < 4.78 is 24.7. The average molecular weight is 446 g/mol. The van der Waals surface area contributed by atoms with Gasteiger partial charge in [-0.1, -0.05) is 23.8 Å². The molecule has 1 atom stereocenters. The van der Waals surface area contributed by atoms with Crippen molar-refractivity contribution >= 4 is 17.3 Å². The Kier molecular flexibility index (Phi) is 6.35. The van der Waals surface area contributed by atoms with Crippen LogP contribution in [0.1, 0.15) is 34.8 Å². The lowest BCUT2D eigenvalue weighted by Crippen LogP contribution is -2.13. The van der Waals surface area contributed by atoms with Crippen molar-refractivity contribution in [2.45, 2.75) is 19.9 Å². The van der Waals surface area contributed by atoms with Gasteiger partial charge in [0.2, 0.25) is 11.8 Å². The van der Waals surface area contributed by atoms with Crippen LogP contribution in [0.15, 0.2) is 71.1 Å². The molecule has 0 fully saturated rings. The van der Waals surface area contributed by atoms with Crippen LogP contribution in [0.25, 0.3) is 11.5 Å². The van der Waals surface area contributed by atoms with Crippen molar-refractivity contribution in [3.8, 4) is 17.2 Å². The highest BCUT2D eigenvalue weighted by molar-refractivity contribution is 6.05. The Labute approximate surface area is 190 Å². The Hall–Kier alpha value is -4.20. The first-order valence-electron chi connectivity index (χ1n) is 10.3. The van der Waals surface area contributed by atoms with Crippen molar-refractivity contribution in [3.63, 3.8) is 0 Å². The van der Waals surface area contributed by atoms with E-state index in [2.05, 4.69) is 20.8 Å². The van der Waals surface area contributed by atoms with Crippen LogP contribution in [0.3, 0.4) is 0 Å². The monoisotopic (exact) mass is 446 g/mol. The van der Waals surface area contributed by atoms with E-state index in [9.17, 15) is 9.18 Å². The molecule has 0 saturated heterocycles. The molecule has 0 radical (unpaired) electrons. The van der Waals surface area contributed by atoms with Crippen LogP contribution in [-0.2, 0) is 0 Å². The van der Waals surface area contributed by atoms with Gasteiger partial charge in [0.15, 0.2) is 0 Å². The Morgan fingerprint density at radius 1 is 1.06 bits per heavy atom. The number of rotatable bonds is 7. The highest BCUT2D eigenvalue weighted by Crippen LogP contribution is 2.30. The number of halogens is 1. The quantitative estimate of drug-likeness (QED) is 0.383. The van der Waals surface area contributed by atoms with E-state index in [4.69, 9.17) is 9.15 Å². The van der Waals surface area contributed by atoms with Gasteiger partial charge in [0.1, 0.15) is 17.6 Å². The van der Waals surface area contributed by atoms with Crippen molar-refractivity contribution in [3.05, 3.63) is 89.6 Å². The number of ether oxygens (including phenoxy) is 1. The summed E-state index contributed by atoms with van der Waals surface area (Å²) in [5.41, 5.74) is 3.34. The minimum atomic E-state index is -0.483. The molecule has 168 valence electrons. The van der Waals surface area contributed by atoms with E-state index in [1.165, 1.54) is 31.4 Å².